The second-order valence-corrected chi connectivity index (χ2v) is 7.06. The number of para-hydroxylation sites is 2. The summed E-state index contributed by atoms with van der Waals surface area (Å²) in [5.41, 5.74) is 1.42. The first-order chi connectivity index (χ1) is 15.1. The molecule has 3 heterocycles. The zero-order chi connectivity index (χ0) is 21.4. The van der Waals surface area contributed by atoms with Crippen molar-refractivity contribution < 1.29 is 0 Å². The van der Waals surface area contributed by atoms with E-state index in [9.17, 15) is 9.59 Å². The molecule has 3 aromatic heterocycles. The summed E-state index contributed by atoms with van der Waals surface area (Å²) in [7, 11) is 0. The van der Waals surface area contributed by atoms with Crippen molar-refractivity contribution in [3.63, 3.8) is 0 Å². The number of fused-ring (bicyclic) bond motifs is 2. The van der Waals surface area contributed by atoms with E-state index in [1.807, 2.05) is 48.2 Å². The summed E-state index contributed by atoms with van der Waals surface area (Å²) < 4.78 is 1.64. The Morgan fingerprint density at radius 1 is 0.903 bits per heavy atom. The second kappa shape index (κ2) is 7.52. The maximum absolute atomic E-state index is 12.7. The number of benzene rings is 2. The summed E-state index contributed by atoms with van der Waals surface area (Å²) in [6.07, 6.45) is 1.51. The molecule has 2 aromatic carbocycles. The van der Waals surface area contributed by atoms with Gasteiger partial charge in [0.2, 0.25) is 5.95 Å². The van der Waals surface area contributed by atoms with E-state index in [-0.39, 0.29) is 17.7 Å². The molecule has 0 unspecified atom stereocenters. The molecule has 0 aliphatic carbocycles. The van der Waals surface area contributed by atoms with Crippen molar-refractivity contribution in [3.8, 4) is 5.69 Å². The van der Waals surface area contributed by atoms with E-state index in [1.54, 1.807) is 22.9 Å². The van der Waals surface area contributed by atoms with Crippen LogP contribution in [-0.2, 0) is 6.54 Å². The fourth-order valence-corrected chi connectivity index (χ4v) is 3.54. The molecule has 0 atom stereocenters. The molecular formula is C22H19N7O2. The highest BCUT2D eigenvalue weighted by molar-refractivity contribution is 5.77. The Hall–Kier alpha value is -4.27. The van der Waals surface area contributed by atoms with Gasteiger partial charge in [0.25, 0.3) is 11.1 Å². The van der Waals surface area contributed by atoms with Gasteiger partial charge in [-0.05, 0) is 31.2 Å². The van der Waals surface area contributed by atoms with Crippen molar-refractivity contribution in [2.45, 2.75) is 13.5 Å². The summed E-state index contributed by atoms with van der Waals surface area (Å²) in [6, 6.07) is 16.7. The molecule has 0 aliphatic rings. The standard InChI is InChI=1S/C22H19N7O2/c1-2-28(13-18-24-17-11-7-6-10-15(17)20(30)25-18)22-26-19-16(21(31)27-22)12-23-29(19)14-8-4-3-5-9-14/h3-12H,2,13H2,1H3,(H,24,25,30)(H,26,27,31). The molecule has 9 heteroatoms. The van der Waals surface area contributed by atoms with Gasteiger partial charge in [0, 0.05) is 6.54 Å². The Morgan fingerprint density at radius 2 is 1.65 bits per heavy atom. The molecule has 5 rings (SSSR count). The zero-order valence-electron chi connectivity index (χ0n) is 16.7. The lowest BCUT2D eigenvalue weighted by Gasteiger charge is -2.20. The van der Waals surface area contributed by atoms with Gasteiger partial charge in [-0.1, -0.05) is 30.3 Å². The molecule has 0 saturated heterocycles. The highest BCUT2D eigenvalue weighted by atomic mass is 16.1. The second-order valence-electron chi connectivity index (χ2n) is 7.06. The predicted octanol–water partition coefficient (Wildman–Crippen LogP) is 2.37. The highest BCUT2D eigenvalue weighted by Crippen LogP contribution is 2.17. The maximum Gasteiger partial charge on any atom is 0.263 e. The minimum Gasteiger partial charge on any atom is -0.335 e. The number of nitrogens with zero attached hydrogens (tertiary/aromatic N) is 5. The number of H-pyrrole nitrogens is 2. The van der Waals surface area contributed by atoms with Crippen molar-refractivity contribution in [2.24, 2.45) is 0 Å². The maximum atomic E-state index is 12.7. The Balaban J connectivity index is 1.57. The Bertz CT molecular complexity index is 1500. The van der Waals surface area contributed by atoms with Gasteiger partial charge in [-0.3, -0.25) is 14.6 Å². The molecule has 2 N–H and O–H groups in total. The van der Waals surface area contributed by atoms with Gasteiger partial charge in [0.05, 0.1) is 29.3 Å². The Labute approximate surface area is 176 Å². The van der Waals surface area contributed by atoms with Crippen LogP contribution in [0.1, 0.15) is 12.7 Å². The van der Waals surface area contributed by atoms with Crippen LogP contribution in [0.5, 0.6) is 0 Å². The molecule has 0 aliphatic heterocycles. The molecule has 5 aromatic rings. The number of aromatic nitrogens is 6. The van der Waals surface area contributed by atoms with E-state index >= 15 is 0 Å². The molecule has 0 radical (unpaired) electrons. The highest BCUT2D eigenvalue weighted by Gasteiger charge is 2.16. The fourth-order valence-electron chi connectivity index (χ4n) is 3.54. The van der Waals surface area contributed by atoms with Crippen LogP contribution in [0.4, 0.5) is 5.95 Å². The van der Waals surface area contributed by atoms with Crippen LogP contribution in [-0.4, -0.2) is 36.3 Å². The van der Waals surface area contributed by atoms with Gasteiger partial charge in [0.1, 0.15) is 11.2 Å². The number of hydrogen-bond donors (Lipinski definition) is 2. The normalized spacial score (nSPS) is 11.3. The van der Waals surface area contributed by atoms with E-state index in [1.165, 1.54) is 6.20 Å². The number of rotatable bonds is 5. The van der Waals surface area contributed by atoms with Gasteiger partial charge >= 0.3 is 0 Å². The number of anilines is 1. The van der Waals surface area contributed by atoms with E-state index < -0.39 is 0 Å². The van der Waals surface area contributed by atoms with Gasteiger partial charge in [-0.2, -0.15) is 10.1 Å². The monoisotopic (exact) mass is 413 g/mol. The summed E-state index contributed by atoms with van der Waals surface area (Å²) in [6.45, 7) is 2.77. The Morgan fingerprint density at radius 3 is 2.45 bits per heavy atom. The zero-order valence-corrected chi connectivity index (χ0v) is 16.7. The number of nitrogens with one attached hydrogen (secondary N) is 2. The van der Waals surface area contributed by atoms with Gasteiger partial charge < -0.3 is 9.88 Å². The van der Waals surface area contributed by atoms with Crippen molar-refractivity contribution in [2.75, 3.05) is 11.4 Å². The van der Waals surface area contributed by atoms with Crippen LogP contribution in [0.25, 0.3) is 27.6 Å². The van der Waals surface area contributed by atoms with Crippen molar-refractivity contribution in [1.29, 1.82) is 0 Å². The molecule has 0 bridgehead atoms. The first-order valence-corrected chi connectivity index (χ1v) is 9.90. The minimum atomic E-state index is -0.277. The third-order valence-corrected chi connectivity index (χ3v) is 5.11. The lowest BCUT2D eigenvalue weighted by atomic mass is 10.2. The van der Waals surface area contributed by atoms with Crippen LogP contribution >= 0.6 is 0 Å². The predicted molar refractivity (Wildman–Crippen MR) is 119 cm³/mol. The minimum absolute atomic E-state index is 0.198. The molecule has 0 amide bonds. The summed E-state index contributed by atoms with van der Waals surface area (Å²) in [4.78, 5) is 41.8. The summed E-state index contributed by atoms with van der Waals surface area (Å²) in [5.74, 6) is 0.873. The summed E-state index contributed by atoms with van der Waals surface area (Å²) in [5, 5.41) is 5.28. The third-order valence-electron chi connectivity index (χ3n) is 5.11. The topological polar surface area (TPSA) is 113 Å². The molecule has 154 valence electrons. The van der Waals surface area contributed by atoms with Gasteiger partial charge in [-0.25, -0.2) is 9.67 Å². The first-order valence-electron chi connectivity index (χ1n) is 9.90. The molecule has 0 saturated carbocycles. The van der Waals surface area contributed by atoms with Crippen molar-refractivity contribution in [1.82, 2.24) is 29.7 Å². The van der Waals surface area contributed by atoms with E-state index in [4.69, 9.17) is 0 Å². The average molecular weight is 413 g/mol. The lowest BCUT2D eigenvalue weighted by Crippen LogP contribution is -2.29. The van der Waals surface area contributed by atoms with Gasteiger partial charge in [-0.15, -0.1) is 0 Å². The fraction of sp³-hybridized carbons (Fsp3) is 0.136. The van der Waals surface area contributed by atoms with Crippen molar-refractivity contribution in [3.05, 3.63) is 87.3 Å². The molecule has 0 spiro atoms. The van der Waals surface area contributed by atoms with E-state index in [0.29, 0.717) is 40.3 Å². The largest absolute Gasteiger partial charge is 0.335 e. The molecular weight excluding hydrogens is 394 g/mol. The number of hydrogen-bond acceptors (Lipinski definition) is 6. The smallest absolute Gasteiger partial charge is 0.263 e. The van der Waals surface area contributed by atoms with Crippen LogP contribution in [0.3, 0.4) is 0 Å². The lowest BCUT2D eigenvalue weighted by molar-refractivity contribution is 0.751. The molecule has 0 fully saturated rings. The first kappa shape index (κ1) is 18.7. The average Bonchev–Trinajstić information content (AvgIpc) is 3.23. The van der Waals surface area contributed by atoms with Crippen LogP contribution in [0.2, 0.25) is 0 Å². The van der Waals surface area contributed by atoms with Crippen LogP contribution in [0.15, 0.2) is 70.4 Å². The van der Waals surface area contributed by atoms with E-state index in [2.05, 4.69) is 25.0 Å². The molecule has 31 heavy (non-hydrogen) atoms. The third kappa shape index (κ3) is 3.35. The summed E-state index contributed by atoms with van der Waals surface area (Å²) >= 11 is 0. The van der Waals surface area contributed by atoms with Gasteiger partial charge in [0.15, 0.2) is 5.65 Å². The Kier molecular flexibility index (Phi) is 4.55. The quantitative estimate of drug-likeness (QED) is 0.457. The van der Waals surface area contributed by atoms with Crippen LogP contribution < -0.4 is 16.0 Å². The molecule has 9 nitrogen and oxygen atoms in total. The van der Waals surface area contributed by atoms with E-state index in [0.717, 1.165) is 5.69 Å². The number of aromatic amines is 2. The van der Waals surface area contributed by atoms with Crippen molar-refractivity contribution >= 4 is 27.9 Å². The SMILES string of the molecule is CCN(Cc1nc2ccccc2c(=O)[nH]1)c1nc2c(cnn2-c2ccccc2)c(=O)[nH]1. The van der Waals surface area contributed by atoms with Crippen LogP contribution in [0, 0.1) is 0 Å².